The Bertz CT molecular complexity index is 687. The van der Waals surface area contributed by atoms with E-state index in [9.17, 15) is 12.8 Å². The highest BCUT2D eigenvalue weighted by Gasteiger charge is 2.36. The summed E-state index contributed by atoms with van der Waals surface area (Å²) in [4.78, 5) is -0.0974. The number of rotatable bonds is 4. The molecule has 6 nitrogen and oxygen atoms in total. The van der Waals surface area contributed by atoms with Crippen LogP contribution in [0.2, 0.25) is 0 Å². The van der Waals surface area contributed by atoms with E-state index in [1.807, 2.05) is 0 Å². The van der Waals surface area contributed by atoms with Crippen LogP contribution < -0.4 is 5.73 Å². The van der Waals surface area contributed by atoms with Gasteiger partial charge >= 0.3 is 0 Å². The highest BCUT2D eigenvalue weighted by atomic mass is 32.2. The molecule has 1 fully saturated rings. The van der Waals surface area contributed by atoms with Gasteiger partial charge < -0.3 is 10.5 Å². The number of hydrogen-bond donors (Lipinski definition) is 1. The number of methoxy groups -OCH3 is 1. The van der Waals surface area contributed by atoms with E-state index >= 15 is 0 Å². The average molecular weight is 327 g/mol. The molecule has 0 radical (unpaired) electrons. The molecule has 2 unspecified atom stereocenters. The lowest BCUT2D eigenvalue weighted by Crippen LogP contribution is -2.51. The molecule has 0 amide bonds. The first kappa shape index (κ1) is 16.8. The predicted molar refractivity (Wildman–Crippen MR) is 77.9 cm³/mol. The van der Waals surface area contributed by atoms with Crippen LogP contribution in [0.25, 0.3) is 0 Å². The first-order valence-corrected chi connectivity index (χ1v) is 8.32. The molecule has 0 saturated carbocycles. The van der Waals surface area contributed by atoms with Gasteiger partial charge in [0.1, 0.15) is 11.9 Å². The van der Waals surface area contributed by atoms with Crippen LogP contribution in [0.4, 0.5) is 4.39 Å². The van der Waals surface area contributed by atoms with Gasteiger partial charge in [0.25, 0.3) is 0 Å². The Morgan fingerprint density at radius 1 is 1.55 bits per heavy atom. The summed E-state index contributed by atoms with van der Waals surface area (Å²) in [5, 5.41) is 8.85. The fourth-order valence-electron chi connectivity index (χ4n) is 2.62. The summed E-state index contributed by atoms with van der Waals surface area (Å²) >= 11 is 0. The lowest BCUT2D eigenvalue weighted by Gasteiger charge is -2.37. The highest BCUT2D eigenvalue weighted by Crippen LogP contribution is 2.27. The maximum absolute atomic E-state index is 13.4. The Morgan fingerprint density at radius 2 is 2.27 bits per heavy atom. The zero-order chi connectivity index (χ0) is 16.3. The van der Waals surface area contributed by atoms with Gasteiger partial charge in [-0.3, -0.25) is 0 Å². The number of sulfonamides is 1. The molecule has 1 heterocycles. The molecule has 2 atom stereocenters. The molecule has 1 aromatic rings. The molecule has 2 N–H and O–H groups in total. The van der Waals surface area contributed by atoms with Gasteiger partial charge in [-0.05, 0) is 31.0 Å². The largest absolute Gasteiger partial charge is 0.381 e. The van der Waals surface area contributed by atoms with E-state index in [1.165, 1.54) is 10.4 Å². The minimum absolute atomic E-state index is 0.0251. The number of nitriles is 1. The maximum Gasteiger partial charge on any atom is 0.243 e. The van der Waals surface area contributed by atoms with Gasteiger partial charge in [0.05, 0.1) is 16.6 Å². The Kier molecular flexibility index (Phi) is 5.13. The lowest BCUT2D eigenvalue weighted by molar-refractivity contribution is 0.0401. The number of hydrogen-bond acceptors (Lipinski definition) is 5. The lowest BCUT2D eigenvalue weighted by atomic mass is 10.0. The van der Waals surface area contributed by atoms with E-state index in [0.717, 1.165) is 12.1 Å². The summed E-state index contributed by atoms with van der Waals surface area (Å²) in [6, 6.07) is 4.49. The van der Waals surface area contributed by atoms with Crippen LogP contribution >= 0.6 is 0 Å². The monoisotopic (exact) mass is 327 g/mol. The van der Waals surface area contributed by atoms with Gasteiger partial charge in [-0.15, -0.1) is 0 Å². The number of piperidine rings is 1. The summed E-state index contributed by atoms with van der Waals surface area (Å²) < 4.78 is 45.4. The second-order valence-electron chi connectivity index (χ2n) is 5.14. The topological polar surface area (TPSA) is 96.4 Å². The van der Waals surface area contributed by atoms with Crippen LogP contribution in [0, 0.1) is 17.1 Å². The van der Waals surface area contributed by atoms with Crippen LogP contribution in [-0.2, 0) is 14.8 Å². The molecule has 0 aromatic heterocycles. The van der Waals surface area contributed by atoms with Gasteiger partial charge in [-0.1, -0.05) is 0 Å². The van der Waals surface area contributed by atoms with E-state index in [4.69, 9.17) is 15.7 Å². The maximum atomic E-state index is 13.4. The van der Waals surface area contributed by atoms with Crippen LogP contribution in [0.5, 0.6) is 0 Å². The number of benzene rings is 1. The van der Waals surface area contributed by atoms with Gasteiger partial charge in [0, 0.05) is 26.2 Å². The zero-order valence-electron chi connectivity index (χ0n) is 12.2. The number of ether oxygens (including phenoxy) is 1. The molecule has 0 spiro atoms. The fourth-order valence-corrected chi connectivity index (χ4v) is 4.31. The predicted octanol–water partition coefficient (Wildman–Crippen LogP) is 0.824. The Labute approximate surface area is 129 Å². The summed E-state index contributed by atoms with van der Waals surface area (Å²) in [5.41, 5.74) is 5.40. The third kappa shape index (κ3) is 3.13. The fraction of sp³-hybridized carbons (Fsp3) is 0.500. The number of nitrogens with two attached hydrogens (primary N) is 1. The summed E-state index contributed by atoms with van der Waals surface area (Å²) in [5.74, 6) is -0.741. The molecule has 8 heteroatoms. The van der Waals surface area contributed by atoms with Crippen molar-refractivity contribution < 1.29 is 17.5 Å². The number of halogens is 1. The molecule has 1 aromatic carbocycles. The first-order chi connectivity index (χ1) is 10.4. The van der Waals surface area contributed by atoms with Crippen molar-refractivity contribution in [2.45, 2.75) is 29.9 Å². The van der Waals surface area contributed by atoms with Crippen molar-refractivity contribution in [3.8, 4) is 6.07 Å². The van der Waals surface area contributed by atoms with Crippen molar-refractivity contribution in [2.24, 2.45) is 5.73 Å². The average Bonchev–Trinajstić information content (AvgIpc) is 2.54. The quantitative estimate of drug-likeness (QED) is 0.883. The van der Waals surface area contributed by atoms with Crippen molar-refractivity contribution in [2.75, 3.05) is 20.2 Å². The second-order valence-corrected chi connectivity index (χ2v) is 7.03. The van der Waals surface area contributed by atoms with Crippen molar-refractivity contribution in [1.29, 1.82) is 5.26 Å². The second kappa shape index (κ2) is 6.71. The molecule has 0 bridgehead atoms. The van der Waals surface area contributed by atoms with Gasteiger partial charge in [-0.2, -0.15) is 9.57 Å². The van der Waals surface area contributed by atoms with Crippen LogP contribution in [0.3, 0.4) is 0 Å². The highest BCUT2D eigenvalue weighted by molar-refractivity contribution is 7.89. The van der Waals surface area contributed by atoms with E-state index in [1.54, 1.807) is 13.2 Å². The Hall–Kier alpha value is -1.53. The van der Waals surface area contributed by atoms with Gasteiger partial charge in [-0.25, -0.2) is 12.8 Å². The molecule has 1 saturated heterocycles. The van der Waals surface area contributed by atoms with Crippen molar-refractivity contribution in [3.05, 3.63) is 29.6 Å². The molecule has 22 heavy (non-hydrogen) atoms. The molecule has 1 aliphatic heterocycles. The first-order valence-electron chi connectivity index (χ1n) is 6.88. The minimum Gasteiger partial charge on any atom is -0.381 e. The van der Waals surface area contributed by atoms with E-state index in [2.05, 4.69) is 0 Å². The Morgan fingerprint density at radius 3 is 2.86 bits per heavy atom. The van der Waals surface area contributed by atoms with E-state index in [-0.39, 0.29) is 35.7 Å². The SMILES string of the molecule is COC1CCN(S(=O)(=O)c2ccc(F)c(C#N)c2)C(CN)C1. The molecule has 0 aliphatic carbocycles. The number of nitrogens with zero attached hydrogens (tertiary/aromatic N) is 2. The molecule has 2 rings (SSSR count). The van der Waals surface area contributed by atoms with Crippen LogP contribution in [-0.4, -0.2) is 45.1 Å². The summed E-state index contributed by atoms with van der Waals surface area (Å²) in [6.07, 6.45) is 1.06. The van der Waals surface area contributed by atoms with Crippen LogP contribution in [0.15, 0.2) is 23.1 Å². The Balaban J connectivity index is 2.36. The molecular formula is C14H18FN3O3S. The third-order valence-electron chi connectivity index (χ3n) is 3.88. The van der Waals surface area contributed by atoms with Gasteiger partial charge in [0.15, 0.2) is 0 Å². The standard InChI is InChI=1S/C14H18FN3O3S/c1-21-12-4-5-18(11(7-12)9-17)22(19,20)13-2-3-14(15)10(6-13)8-16/h2-3,6,11-12H,4-5,7,9,17H2,1H3. The minimum atomic E-state index is -3.82. The molecular weight excluding hydrogens is 309 g/mol. The summed E-state index contributed by atoms with van der Waals surface area (Å²) in [7, 11) is -2.24. The van der Waals surface area contributed by atoms with Crippen molar-refractivity contribution in [1.82, 2.24) is 4.31 Å². The van der Waals surface area contributed by atoms with Crippen LogP contribution in [0.1, 0.15) is 18.4 Å². The molecule has 1 aliphatic rings. The van der Waals surface area contributed by atoms with Crippen molar-refractivity contribution in [3.63, 3.8) is 0 Å². The van der Waals surface area contributed by atoms with E-state index in [0.29, 0.717) is 12.8 Å². The van der Waals surface area contributed by atoms with E-state index < -0.39 is 15.8 Å². The smallest absolute Gasteiger partial charge is 0.243 e. The third-order valence-corrected chi connectivity index (χ3v) is 5.83. The van der Waals surface area contributed by atoms with Crippen molar-refractivity contribution >= 4 is 10.0 Å². The zero-order valence-corrected chi connectivity index (χ0v) is 13.0. The normalized spacial score (nSPS) is 23.2. The summed E-state index contributed by atoms with van der Waals surface area (Å²) in [6.45, 7) is 0.452. The molecule has 120 valence electrons. The van der Waals surface area contributed by atoms with Gasteiger partial charge in [0.2, 0.25) is 10.0 Å².